The van der Waals surface area contributed by atoms with Crippen LogP contribution in [0.4, 0.5) is 11.4 Å². The molecule has 7 nitrogen and oxygen atoms in total. The smallest absolute Gasteiger partial charge is 0.233 e. The van der Waals surface area contributed by atoms with Crippen molar-refractivity contribution in [3.05, 3.63) is 24.3 Å². The number of amides is 3. The second-order valence-corrected chi connectivity index (χ2v) is 5.69. The Bertz CT molecular complexity index is 563. The highest BCUT2D eigenvalue weighted by atomic mass is 16.2. The van der Waals surface area contributed by atoms with Gasteiger partial charge in [0.15, 0.2) is 0 Å². The Hall–Kier alpha value is -2.57. The van der Waals surface area contributed by atoms with Crippen molar-refractivity contribution in [3.8, 4) is 0 Å². The van der Waals surface area contributed by atoms with E-state index in [-0.39, 0.29) is 18.2 Å². The van der Waals surface area contributed by atoms with E-state index in [1.807, 2.05) is 31.1 Å². The molecule has 124 valence electrons. The number of benzene rings is 1. The molecular formula is C16H22N4O3. The second-order valence-electron chi connectivity index (χ2n) is 5.69. The van der Waals surface area contributed by atoms with Crippen LogP contribution in [-0.4, -0.2) is 68.3 Å². The van der Waals surface area contributed by atoms with Crippen LogP contribution in [-0.2, 0) is 14.4 Å². The standard InChI is InChI=1S/C16H22N4O3/c1-18(2)14-5-3-13(4-6-14)17-15(22)11-16(23)20-9-7-19(12-21)8-10-20/h3-6,12H,7-11H2,1-2H3,(H,17,22). The molecule has 0 aromatic heterocycles. The first-order valence-corrected chi connectivity index (χ1v) is 7.54. The van der Waals surface area contributed by atoms with Crippen molar-refractivity contribution >= 4 is 29.6 Å². The van der Waals surface area contributed by atoms with Crippen molar-refractivity contribution in [2.24, 2.45) is 0 Å². The van der Waals surface area contributed by atoms with Gasteiger partial charge in [0.05, 0.1) is 0 Å². The third kappa shape index (κ3) is 4.70. The lowest BCUT2D eigenvalue weighted by atomic mass is 10.2. The Morgan fingerprint density at radius 2 is 1.74 bits per heavy atom. The minimum absolute atomic E-state index is 0.184. The molecule has 0 unspecified atom stereocenters. The van der Waals surface area contributed by atoms with Crippen LogP contribution in [0.5, 0.6) is 0 Å². The number of carbonyl (C=O) groups excluding carboxylic acids is 3. The molecule has 3 amide bonds. The van der Waals surface area contributed by atoms with Gasteiger partial charge in [0, 0.05) is 51.6 Å². The maximum Gasteiger partial charge on any atom is 0.233 e. The van der Waals surface area contributed by atoms with Gasteiger partial charge in [-0.1, -0.05) is 0 Å². The quantitative estimate of drug-likeness (QED) is 0.629. The van der Waals surface area contributed by atoms with Gasteiger partial charge in [-0.05, 0) is 24.3 Å². The molecule has 23 heavy (non-hydrogen) atoms. The highest BCUT2D eigenvalue weighted by Gasteiger charge is 2.22. The number of nitrogens with zero attached hydrogens (tertiary/aromatic N) is 3. The van der Waals surface area contributed by atoms with E-state index in [9.17, 15) is 14.4 Å². The van der Waals surface area contributed by atoms with Crippen LogP contribution in [0.25, 0.3) is 0 Å². The lowest BCUT2D eigenvalue weighted by molar-refractivity contribution is -0.137. The molecule has 2 rings (SSSR count). The molecule has 0 saturated carbocycles. The summed E-state index contributed by atoms with van der Waals surface area (Å²) in [6, 6.07) is 7.41. The molecule has 1 aliphatic rings. The lowest BCUT2D eigenvalue weighted by Gasteiger charge is -2.32. The molecule has 7 heteroatoms. The molecular weight excluding hydrogens is 296 g/mol. The van der Waals surface area contributed by atoms with Gasteiger partial charge in [0.25, 0.3) is 0 Å². The number of hydrogen-bond acceptors (Lipinski definition) is 4. The summed E-state index contributed by atoms with van der Waals surface area (Å²) < 4.78 is 0. The monoisotopic (exact) mass is 318 g/mol. The summed E-state index contributed by atoms with van der Waals surface area (Å²) in [7, 11) is 3.88. The second kappa shape index (κ2) is 7.62. The van der Waals surface area contributed by atoms with Gasteiger partial charge in [-0.3, -0.25) is 14.4 Å². The zero-order chi connectivity index (χ0) is 16.8. The van der Waals surface area contributed by atoms with E-state index in [1.165, 1.54) is 0 Å². The minimum Gasteiger partial charge on any atom is -0.378 e. The Morgan fingerprint density at radius 1 is 1.13 bits per heavy atom. The van der Waals surface area contributed by atoms with E-state index < -0.39 is 0 Å². The van der Waals surface area contributed by atoms with E-state index in [0.29, 0.717) is 31.9 Å². The van der Waals surface area contributed by atoms with Crippen molar-refractivity contribution in [2.45, 2.75) is 6.42 Å². The molecule has 1 aliphatic heterocycles. The molecule has 1 aromatic rings. The Morgan fingerprint density at radius 3 is 2.26 bits per heavy atom. The molecule has 1 heterocycles. The van der Waals surface area contributed by atoms with Crippen LogP contribution in [0.2, 0.25) is 0 Å². The summed E-state index contributed by atoms with van der Waals surface area (Å²) in [5, 5.41) is 2.73. The van der Waals surface area contributed by atoms with Crippen LogP contribution in [0, 0.1) is 0 Å². The predicted octanol–water partition coefficient (Wildman–Crippen LogP) is 0.382. The minimum atomic E-state index is -0.328. The number of hydrogen-bond donors (Lipinski definition) is 1. The first-order chi connectivity index (χ1) is 11.0. The summed E-state index contributed by atoms with van der Waals surface area (Å²) in [5.74, 6) is -0.539. The van der Waals surface area contributed by atoms with E-state index >= 15 is 0 Å². The Balaban J connectivity index is 1.82. The fourth-order valence-corrected chi connectivity index (χ4v) is 2.37. The van der Waals surface area contributed by atoms with Crippen molar-refractivity contribution in [1.82, 2.24) is 9.80 Å². The van der Waals surface area contributed by atoms with Crippen molar-refractivity contribution in [1.29, 1.82) is 0 Å². The molecule has 0 radical (unpaired) electrons. The zero-order valence-corrected chi connectivity index (χ0v) is 13.5. The summed E-state index contributed by atoms with van der Waals surface area (Å²) in [4.78, 5) is 39.9. The maximum absolute atomic E-state index is 12.1. The summed E-state index contributed by atoms with van der Waals surface area (Å²) in [5.41, 5.74) is 1.70. The van der Waals surface area contributed by atoms with Gasteiger partial charge in [-0.15, -0.1) is 0 Å². The van der Waals surface area contributed by atoms with Gasteiger partial charge in [-0.25, -0.2) is 0 Å². The topological polar surface area (TPSA) is 73.0 Å². The highest BCUT2D eigenvalue weighted by molar-refractivity contribution is 6.03. The van der Waals surface area contributed by atoms with E-state index in [2.05, 4.69) is 5.32 Å². The van der Waals surface area contributed by atoms with Gasteiger partial charge in [0.1, 0.15) is 6.42 Å². The van der Waals surface area contributed by atoms with Crippen molar-refractivity contribution < 1.29 is 14.4 Å². The van der Waals surface area contributed by atoms with Gasteiger partial charge in [-0.2, -0.15) is 0 Å². The first kappa shape index (κ1) is 16.8. The Labute approximate surface area is 135 Å². The number of carbonyl (C=O) groups is 3. The summed E-state index contributed by atoms with van der Waals surface area (Å²) in [6.45, 7) is 1.98. The normalized spacial score (nSPS) is 14.3. The fourth-order valence-electron chi connectivity index (χ4n) is 2.37. The van der Waals surface area contributed by atoms with E-state index in [0.717, 1.165) is 12.1 Å². The molecule has 0 bridgehead atoms. The third-order valence-corrected chi connectivity index (χ3v) is 3.80. The van der Waals surface area contributed by atoms with Gasteiger partial charge in [0.2, 0.25) is 18.2 Å². The molecule has 1 fully saturated rings. The van der Waals surface area contributed by atoms with Gasteiger partial charge < -0.3 is 20.0 Å². The van der Waals surface area contributed by atoms with Crippen molar-refractivity contribution in [3.63, 3.8) is 0 Å². The van der Waals surface area contributed by atoms with Crippen LogP contribution in [0.1, 0.15) is 6.42 Å². The first-order valence-electron chi connectivity index (χ1n) is 7.54. The average Bonchev–Trinajstić information content (AvgIpc) is 2.55. The Kier molecular flexibility index (Phi) is 5.56. The third-order valence-electron chi connectivity index (χ3n) is 3.80. The molecule has 0 aliphatic carbocycles. The fraction of sp³-hybridized carbons (Fsp3) is 0.438. The molecule has 0 spiro atoms. The summed E-state index contributed by atoms with van der Waals surface area (Å²) in [6.07, 6.45) is 0.600. The molecule has 0 atom stereocenters. The number of piperazine rings is 1. The zero-order valence-electron chi connectivity index (χ0n) is 13.5. The molecule has 1 saturated heterocycles. The van der Waals surface area contributed by atoms with Crippen molar-refractivity contribution in [2.75, 3.05) is 50.5 Å². The average molecular weight is 318 g/mol. The summed E-state index contributed by atoms with van der Waals surface area (Å²) >= 11 is 0. The number of rotatable bonds is 5. The van der Waals surface area contributed by atoms with Crippen LogP contribution in [0.3, 0.4) is 0 Å². The largest absolute Gasteiger partial charge is 0.378 e. The van der Waals surface area contributed by atoms with Crippen LogP contribution >= 0.6 is 0 Å². The van der Waals surface area contributed by atoms with Gasteiger partial charge >= 0.3 is 0 Å². The number of nitrogens with one attached hydrogen (secondary N) is 1. The maximum atomic E-state index is 12.1. The van der Waals surface area contributed by atoms with E-state index in [4.69, 9.17) is 0 Å². The SMILES string of the molecule is CN(C)c1ccc(NC(=O)CC(=O)N2CCN(C=O)CC2)cc1. The number of anilines is 2. The predicted molar refractivity (Wildman–Crippen MR) is 88.2 cm³/mol. The molecule has 1 aromatic carbocycles. The lowest BCUT2D eigenvalue weighted by Crippen LogP contribution is -2.48. The molecule has 1 N–H and O–H groups in total. The van der Waals surface area contributed by atoms with Crippen LogP contribution < -0.4 is 10.2 Å². The van der Waals surface area contributed by atoms with E-state index in [1.54, 1.807) is 21.9 Å². The highest BCUT2D eigenvalue weighted by Crippen LogP contribution is 2.16. The van der Waals surface area contributed by atoms with Crippen LogP contribution in [0.15, 0.2) is 24.3 Å².